The molecule has 0 aliphatic carbocycles. The highest BCUT2D eigenvalue weighted by Gasteiger charge is 2.44. The first kappa shape index (κ1) is 21.8. The minimum atomic E-state index is -0.844. The second kappa shape index (κ2) is 9.64. The fraction of sp³-hybridized carbons (Fsp3) is 0.667. The van der Waals surface area contributed by atoms with Crippen LogP contribution in [-0.4, -0.2) is 53.8 Å². The largest absolute Gasteiger partial charge is 0.462 e. The molecule has 152 valence electrons. The highest BCUT2D eigenvalue weighted by Crippen LogP contribution is 2.33. The summed E-state index contributed by atoms with van der Waals surface area (Å²) in [7, 11) is 0. The van der Waals surface area contributed by atoms with E-state index in [0.29, 0.717) is 13.0 Å². The van der Waals surface area contributed by atoms with E-state index in [4.69, 9.17) is 19.3 Å². The molecule has 1 aromatic carbocycles. The van der Waals surface area contributed by atoms with Gasteiger partial charge in [-0.3, -0.25) is 4.79 Å². The van der Waals surface area contributed by atoms with Gasteiger partial charge in [0.15, 0.2) is 0 Å². The monoisotopic (exact) mass is 380 g/mol. The molecule has 0 bridgehead atoms. The van der Waals surface area contributed by atoms with Crippen molar-refractivity contribution in [2.45, 2.75) is 65.1 Å². The van der Waals surface area contributed by atoms with Gasteiger partial charge in [0, 0.05) is 12.3 Å². The Bertz CT molecular complexity index is 582. The highest BCUT2D eigenvalue weighted by atomic mass is 16.6. The minimum Gasteiger partial charge on any atom is -0.462 e. The third kappa shape index (κ3) is 6.28. The summed E-state index contributed by atoms with van der Waals surface area (Å²) in [5.41, 5.74) is 0.464. The van der Waals surface area contributed by atoms with Crippen LogP contribution in [0.15, 0.2) is 30.3 Å². The minimum absolute atomic E-state index is 0.00625. The Labute approximate surface area is 161 Å². The third-order valence-electron chi connectivity index (χ3n) is 4.81. The van der Waals surface area contributed by atoms with Gasteiger partial charge in [-0.15, -0.1) is 0 Å². The zero-order chi connectivity index (χ0) is 20.0. The lowest BCUT2D eigenvalue weighted by molar-refractivity contribution is -0.159. The molecule has 0 amide bonds. The number of esters is 1. The molecule has 5 atom stereocenters. The molecule has 6 nitrogen and oxygen atoms in total. The van der Waals surface area contributed by atoms with Crippen molar-refractivity contribution in [3.8, 4) is 0 Å². The summed E-state index contributed by atoms with van der Waals surface area (Å²) < 4.78 is 17.6. The molecule has 0 spiro atoms. The van der Waals surface area contributed by atoms with Crippen LogP contribution in [0.3, 0.4) is 0 Å². The maximum atomic E-state index is 12.1. The topological polar surface area (TPSA) is 85.2 Å². The summed E-state index contributed by atoms with van der Waals surface area (Å²) in [6, 6.07) is 9.84. The van der Waals surface area contributed by atoms with E-state index in [1.807, 2.05) is 37.3 Å². The number of aliphatic hydroxyl groups is 2. The van der Waals surface area contributed by atoms with Gasteiger partial charge >= 0.3 is 5.97 Å². The molecular weight excluding hydrogens is 348 g/mol. The number of benzene rings is 1. The fourth-order valence-electron chi connectivity index (χ4n) is 3.12. The van der Waals surface area contributed by atoms with Crippen LogP contribution in [0.1, 0.15) is 39.7 Å². The number of carbonyl (C=O) groups is 1. The van der Waals surface area contributed by atoms with Gasteiger partial charge in [-0.05, 0) is 26.3 Å². The predicted octanol–water partition coefficient (Wildman–Crippen LogP) is 2.31. The normalized spacial score (nSPS) is 26.7. The molecule has 6 heteroatoms. The van der Waals surface area contributed by atoms with Crippen LogP contribution < -0.4 is 0 Å². The lowest BCUT2D eigenvalue weighted by Gasteiger charge is -2.23. The maximum absolute atomic E-state index is 12.1. The Hall–Kier alpha value is -1.47. The molecule has 1 saturated heterocycles. The number of hydrogen-bond acceptors (Lipinski definition) is 6. The second-order valence-electron chi connectivity index (χ2n) is 8.25. The number of rotatable bonds is 8. The van der Waals surface area contributed by atoms with E-state index in [9.17, 15) is 9.90 Å². The molecule has 1 aliphatic rings. The summed E-state index contributed by atoms with van der Waals surface area (Å²) >= 11 is 0. The highest BCUT2D eigenvalue weighted by molar-refractivity contribution is 5.75. The molecule has 0 radical (unpaired) electrons. The van der Waals surface area contributed by atoms with Gasteiger partial charge in [0.25, 0.3) is 0 Å². The van der Waals surface area contributed by atoms with Crippen molar-refractivity contribution < 1.29 is 29.2 Å². The standard InChI is InChI=1S/C21H32O6/c1-14-17(10-16(23)11-22)27-18(13-26-20(24)21(2,3)4)19(14)25-12-15-8-6-5-7-9-15/h5-9,14,16-19,22-23H,10-13H2,1-4H3/t14-,16?,17+,18-,19?/m0/s1. The summed E-state index contributed by atoms with van der Waals surface area (Å²) in [6.45, 7) is 7.62. The van der Waals surface area contributed by atoms with Crippen molar-refractivity contribution in [1.29, 1.82) is 0 Å². The Kier molecular flexibility index (Phi) is 7.79. The van der Waals surface area contributed by atoms with Gasteiger partial charge in [0.05, 0.1) is 36.9 Å². The lowest BCUT2D eigenvalue weighted by Crippen LogP contribution is -2.35. The smallest absolute Gasteiger partial charge is 0.311 e. The fourth-order valence-corrected chi connectivity index (χ4v) is 3.12. The quantitative estimate of drug-likeness (QED) is 0.673. The molecule has 2 rings (SSSR count). The first-order valence-corrected chi connectivity index (χ1v) is 9.49. The van der Waals surface area contributed by atoms with Crippen LogP contribution in [0, 0.1) is 11.3 Å². The molecule has 2 unspecified atom stereocenters. The van der Waals surface area contributed by atoms with Gasteiger partial charge in [-0.25, -0.2) is 0 Å². The summed E-state index contributed by atoms with van der Waals surface area (Å²) in [5, 5.41) is 18.9. The van der Waals surface area contributed by atoms with Crippen LogP contribution in [0.5, 0.6) is 0 Å². The van der Waals surface area contributed by atoms with Crippen molar-refractivity contribution in [2.75, 3.05) is 13.2 Å². The first-order chi connectivity index (χ1) is 12.7. The van der Waals surface area contributed by atoms with Crippen molar-refractivity contribution in [3.05, 3.63) is 35.9 Å². The van der Waals surface area contributed by atoms with Crippen molar-refractivity contribution in [3.63, 3.8) is 0 Å². The average molecular weight is 380 g/mol. The molecule has 1 aromatic rings. The SMILES string of the molecule is C[C@@H]1C(OCc2ccccc2)[C@H](COC(=O)C(C)(C)C)O[C@@H]1CC(O)CO. The van der Waals surface area contributed by atoms with E-state index in [0.717, 1.165) is 5.56 Å². The molecule has 1 fully saturated rings. The van der Waals surface area contributed by atoms with Gasteiger partial charge in [-0.1, -0.05) is 37.3 Å². The van der Waals surface area contributed by atoms with Crippen LogP contribution in [-0.2, 0) is 25.6 Å². The van der Waals surface area contributed by atoms with E-state index in [1.165, 1.54) is 0 Å². The van der Waals surface area contributed by atoms with E-state index in [2.05, 4.69) is 0 Å². The predicted molar refractivity (Wildman–Crippen MR) is 101 cm³/mol. The lowest BCUT2D eigenvalue weighted by atomic mass is 9.94. The summed E-state index contributed by atoms with van der Waals surface area (Å²) in [6.07, 6.45) is -1.49. The molecular formula is C21H32O6. The van der Waals surface area contributed by atoms with Gasteiger partial charge in [0.2, 0.25) is 0 Å². The molecule has 2 N–H and O–H groups in total. The van der Waals surface area contributed by atoms with Crippen molar-refractivity contribution in [1.82, 2.24) is 0 Å². The number of ether oxygens (including phenoxy) is 3. The Morgan fingerprint density at radius 1 is 1.22 bits per heavy atom. The average Bonchev–Trinajstić information content (AvgIpc) is 2.92. The van der Waals surface area contributed by atoms with Crippen molar-refractivity contribution in [2.24, 2.45) is 11.3 Å². The van der Waals surface area contributed by atoms with Gasteiger partial charge in [-0.2, -0.15) is 0 Å². The Morgan fingerprint density at radius 3 is 2.48 bits per heavy atom. The van der Waals surface area contributed by atoms with Crippen LogP contribution in [0.2, 0.25) is 0 Å². The molecule has 0 saturated carbocycles. The third-order valence-corrected chi connectivity index (χ3v) is 4.81. The Morgan fingerprint density at radius 2 is 1.89 bits per heavy atom. The molecule has 1 heterocycles. The maximum Gasteiger partial charge on any atom is 0.311 e. The van der Waals surface area contributed by atoms with E-state index < -0.39 is 17.6 Å². The zero-order valence-electron chi connectivity index (χ0n) is 16.6. The molecule has 27 heavy (non-hydrogen) atoms. The first-order valence-electron chi connectivity index (χ1n) is 9.49. The molecule has 1 aliphatic heterocycles. The van der Waals surface area contributed by atoms with Crippen LogP contribution >= 0.6 is 0 Å². The Balaban J connectivity index is 2.03. The van der Waals surface area contributed by atoms with Crippen molar-refractivity contribution >= 4 is 5.97 Å². The molecule has 0 aromatic heterocycles. The van der Waals surface area contributed by atoms with E-state index >= 15 is 0 Å². The number of carbonyl (C=O) groups excluding carboxylic acids is 1. The van der Waals surface area contributed by atoms with Gasteiger partial charge in [0.1, 0.15) is 12.7 Å². The van der Waals surface area contributed by atoms with Crippen LogP contribution in [0.4, 0.5) is 0 Å². The van der Waals surface area contributed by atoms with E-state index in [-0.39, 0.29) is 37.3 Å². The number of hydrogen-bond donors (Lipinski definition) is 2. The van der Waals surface area contributed by atoms with Gasteiger partial charge < -0.3 is 24.4 Å². The number of aliphatic hydroxyl groups excluding tert-OH is 2. The summed E-state index contributed by atoms with van der Waals surface area (Å²) in [5.74, 6) is -0.298. The summed E-state index contributed by atoms with van der Waals surface area (Å²) in [4.78, 5) is 12.1. The second-order valence-corrected chi connectivity index (χ2v) is 8.25. The van der Waals surface area contributed by atoms with Crippen LogP contribution in [0.25, 0.3) is 0 Å². The zero-order valence-corrected chi connectivity index (χ0v) is 16.6. The van der Waals surface area contributed by atoms with E-state index in [1.54, 1.807) is 20.8 Å².